The second-order valence-corrected chi connectivity index (χ2v) is 7.39. The Hall–Kier alpha value is -2.63. The second-order valence-electron chi connectivity index (χ2n) is 7.39. The van der Waals surface area contributed by atoms with E-state index in [0.29, 0.717) is 24.0 Å². The summed E-state index contributed by atoms with van der Waals surface area (Å²) in [5.74, 6) is -1.11. The number of halogens is 1. The van der Waals surface area contributed by atoms with Crippen molar-refractivity contribution >= 4 is 23.7 Å². The Labute approximate surface area is 164 Å². The van der Waals surface area contributed by atoms with Crippen LogP contribution in [0.15, 0.2) is 18.0 Å². The third-order valence-electron chi connectivity index (χ3n) is 5.85. The highest BCUT2D eigenvalue weighted by atomic mass is 19.1. The van der Waals surface area contributed by atoms with Crippen molar-refractivity contribution in [3.8, 4) is 0 Å². The Morgan fingerprint density at radius 3 is 2.86 bits per heavy atom. The van der Waals surface area contributed by atoms with Crippen LogP contribution in [0, 0.1) is 12.8 Å². The average molecular weight is 387 g/mol. The second kappa shape index (κ2) is 8.59. The van der Waals surface area contributed by atoms with Gasteiger partial charge < -0.3 is 15.2 Å². The lowest BCUT2D eigenvalue weighted by molar-refractivity contribution is -0.137. The van der Waals surface area contributed by atoms with Crippen molar-refractivity contribution in [2.75, 3.05) is 12.4 Å². The van der Waals surface area contributed by atoms with Crippen molar-refractivity contribution in [2.24, 2.45) is 5.92 Å². The van der Waals surface area contributed by atoms with Gasteiger partial charge in [-0.1, -0.05) is 18.1 Å². The summed E-state index contributed by atoms with van der Waals surface area (Å²) in [6.07, 6.45) is 8.49. The molecule has 0 amide bonds. The first-order chi connectivity index (χ1) is 13.5. The zero-order valence-electron chi connectivity index (χ0n) is 16.3. The standard InChI is InChI=1S/C22H26FNO4/c1-13-16(9-10-23)17(21(24-2)20-18(13)12-28-22(20)27)8-7-14-5-3-4-6-15(14)11-19(25)26/h7,9-10,15,24H,3-6,8,11-12H2,1-2H3,(H,25,26)/b10-9+,14-7-. The average Bonchev–Trinajstić information content (AvgIpc) is 3.05. The van der Waals surface area contributed by atoms with E-state index >= 15 is 0 Å². The molecule has 0 bridgehead atoms. The van der Waals surface area contributed by atoms with Crippen molar-refractivity contribution in [3.63, 3.8) is 0 Å². The number of carbonyl (C=O) groups excluding carboxylic acids is 1. The van der Waals surface area contributed by atoms with Gasteiger partial charge in [0.2, 0.25) is 0 Å². The van der Waals surface area contributed by atoms with E-state index in [-0.39, 0.29) is 24.9 Å². The highest BCUT2D eigenvalue weighted by Gasteiger charge is 2.30. The molecule has 2 aliphatic rings. The number of hydrogen-bond acceptors (Lipinski definition) is 4. The van der Waals surface area contributed by atoms with E-state index in [0.717, 1.165) is 53.5 Å². The zero-order valence-corrected chi connectivity index (χ0v) is 16.3. The summed E-state index contributed by atoms with van der Waals surface area (Å²) in [5.41, 5.74) is 5.54. The number of ether oxygens (including phenoxy) is 1. The number of hydrogen-bond donors (Lipinski definition) is 2. The molecule has 6 heteroatoms. The number of carboxylic acids is 1. The van der Waals surface area contributed by atoms with E-state index in [1.807, 2.05) is 6.92 Å². The van der Waals surface area contributed by atoms with Crippen molar-refractivity contribution in [3.05, 3.63) is 45.8 Å². The Bertz CT molecular complexity index is 857. The summed E-state index contributed by atoms with van der Waals surface area (Å²) in [6.45, 7) is 2.07. The van der Waals surface area contributed by atoms with Gasteiger partial charge in [0.15, 0.2) is 0 Å². The third-order valence-corrected chi connectivity index (χ3v) is 5.85. The van der Waals surface area contributed by atoms with Crippen LogP contribution in [0.2, 0.25) is 0 Å². The number of nitrogens with one attached hydrogen (secondary N) is 1. The van der Waals surface area contributed by atoms with Gasteiger partial charge in [0.05, 0.1) is 24.0 Å². The molecule has 0 saturated heterocycles. The van der Waals surface area contributed by atoms with Gasteiger partial charge >= 0.3 is 11.9 Å². The lowest BCUT2D eigenvalue weighted by Gasteiger charge is -2.25. The highest BCUT2D eigenvalue weighted by Crippen LogP contribution is 2.39. The predicted octanol–water partition coefficient (Wildman–Crippen LogP) is 4.78. The normalized spacial score (nSPS) is 20.5. The fourth-order valence-corrected chi connectivity index (χ4v) is 4.46. The molecule has 1 saturated carbocycles. The summed E-state index contributed by atoms with van der Waals surface area (Å²) in [4.78, 5) is 23.5. The van der Waals surface area contributed by atoms with Crippen LogP contribution in [0.25, 0.3) is 6.08 Å². The van der Waals surface area contributed by atoms with Crippen LogP contribution in [0.4, 0.5) is 10.1 Å². The number of benzene rings is 1. The van der Waals surface area contributed by atoms with Gasteiger partial charge in [-0.05, 0) is 61.3 Å². The molecule has 1 heterocycles. The van der Waals surface area contributed by atoms with Gasteiger partial charge in [-0.15, -0.1) is 0 Å². The van der Waals surface area contributed by atoms with Gasteiger partial charge in [-0.3, -0.25) is 4.79 Å². The molecule has 150 valence electrons. The third kappa shape index (κ3) is 3.81. The smallest absolute Gasteiger partial charge is 0.341 e. The molecule has 1 aliphatic carbocycles. The molecule has 1 aliphatic heterocycles. The fraction of sp³-hybridized carbons (Fsp3) is 0.455. The Balaban J connectivity index is 2.05. The molecule has 1 aromatic carbocycles. The summed E-state index contributed by atoms with van der Waals surface area (Å²) in [6, 6.07) is 0. The number of rotatable bonds is 6. The number of cyclic esters (lactones) is 1. The minimum atomic E-state index is -0.786. The summed E-state index contributed by atoms with van der Waals surface area (Å²) in [5, 5.41) is 12.3. The van der Waals surface area contributed by atoms with Crippen LogP contribution < -0.4 is 5.32 Å². The Morgan fingerprint density at radius 2 is 2.18 bits per heavy atom. The molecule has 3 rings (SSSR count). The lowest BCUT2D eigenvalue weighted by atomic mass is 9.81. The first-order valence-corrected chi connectivity index (χ1v) is 9.68. The molecule has 5 nitrogen and oxygen atoms in total. The first-order valence-electron chi connectivity index (χ1n) is 9.68. The number of aliphatic carboxylic acids is 1. The number of anilines is 1. The highest BCUT2D eigenvalue weighted by molar-refractivity contribution is 6.01. The maximum absolute atomic E-state index is 13.1. The lowest BCUT2D eigenvalue weighted by Crippen LogP contribution is -2.15. The fourth-order valence-electron chi connectivity index (χ4n) is 4.46. The van der Waals surface area contributed by atoms with Crippen LogP contribution in [0.3, 0.4) is 0 Å². The minimum absolute atomic E-state index is 0.0462. The number of carbonyl (C=O) groups is 2. The maximum Gasteiger partial charge on any atom is 0.341 e. The van der Waals surface area contributed by atoms with Gasteiger partial charge in [-0.2, -0.15) is 0 Å². The van der Waals surface area contributed by atoms with E-state index in [1.165, 1.54) is 6.08 Å². The van der Waals surface area contributed by atoms with E-state index in [2.05, 4.69) is 11.4 Å². The van der Waals surface area contributed by atoms with E-state index < -0.39 is 5.97 Å². The molecule has 1 aromatic rings. The Morgan fingerprint density at radius 1 is 1.39 bits per heavy atom. The van der Waals surface area contributed by atoms with E-state index in [4.69, 9.17) is 4.74 Å². The van der Waals surface area contributed by atoms with Crippen LogP contribution in [-0.2, 0) is 22.6 Å². The van der Waals surface area contributed by atoms with Gasteiger partial charge in [0, 0.05) is 12.6 Å². The number of esters is 1. The molecular weight excluding hydrogens is 361 g/mol. The molecule has 0 spiro atoms. The maximum atomic E-state index is 13.1. The van der Waals surface area contributed by atoms with Gasteiger partial charge in [-0.25, -0.2) is 9.18 Å². The summed E-state index contributed by atoms with van der Waals surface area (Å²) in [7, 11) is 1.74. The molecule has 1 fully saturated rings. The Kier molecular flexibility index (Phi) is 6.17. The van der Waals surface area contributed by atoms with Crippen LogP contribution in [0.5, 0.6) is 0 Å². The van der Waals surface area contributed by atoms with Crippen molar-refractivity contribution in [2.45, 2.75) is 52.1 Å². The molecule has 0 aromatic heterocycles. The molecule has 1 unspecified atom stereocenters. The molecule has 2 N–H and O–H groups in total. The monoisotopic (exact) mass is 387 g/mol. The van der Waals surface area contributed by atoms with E-state index in [1.54, 1.807) is 7.05 Å². The van der Waals surface area contributed by atoms with Crippen molar-refractivity contribution < 1.29 is 23.8 Å². The number of allylic oxidation sites excluding steroid dienone is 2. The van der Waals surface area contributed by atoms with Gasteiger partial charge in [0.25, 0.3) is 0 Å². The predicted molar refractivity (Wildman–Crippen MR) is 106 cm³/mol. The number of fused-ring (bicyclic) bond motifs is 1. The molecular formula is C22H26FNO4. The largest absolute Gasteiger partial charge is 0.481 e. The van der Waals surface area contributed by atoms with Crippen molar-refractivity contribution in [1.82, 2.24) is 0 Å². The van der Waals surface area contributed by atoms with Gasteiger partial charge in [0.1, 0.15) is 6.61 Å². The minimum Gasteiger partial charge on any atom is -0.481 e. The number of carboxylic acid groups (broad SMARTS) is 1. The van der Waals surface area contributed by atoms with Crippen LogP contribution in [0.1, 0.15) is 64.7 Å². The summed E-state index contributed by atoms with van der Waals surface area (Å²) < 4.78 is 18.3. The molecule has 28 heavy (non-hydrogen) atoms. The topological polar surface area (TPSA) is 75.6 Å². The SMILES string of the molecule is CNc1c(C/C=C2/CCCCC2CC(=O)O)c(/C=C/F)c(C)c2c1C(=O)OC2. The quantitative estimate of drug-likeness (QED) is 0.543. The first kappa shape index (κ1) is 20.1. The van der Waals surface area contributed by atoms with Crippen LogP contribution in [-0.4, -0.2) is 24.1 Å². The van der Waals surface area contributed by atoms with Crippen LogP contribution >= 0.6 is 0 Å². The zero-order chi connectivity index (χ0) is 20.3. The van der Waals surface area contributed by atoms with E-state index in [9.17, 15) is 19.1 Å². The van der Waals surface area contributed by atoms with Crippen molar-refractivity contribution in [1.29, 1.82) is 0 Å². The molecule has 0 radical (unpaired) electrons. The molecule has 1 atom stereocenters. The summed E-state index contributed by atoms with van der Waals surface area (Å²) >= 11 is 0.